The highest BCUT2D eigenvalue weighted by atomic mass is 35.5. The molecule has 0 saturated carbocycles. The summed E-state index contributed by atoms with van der Waals surface area (Å²) in [5, 5.41) is 10.2. The molecular weight excluding hydrogens is 327 g/mol. The molecule has 0 aliphatic carbocycles. The van der Waals surface area contributed by atoms with Gasteiger partial charge in [0, 0.05) is 23.0 Å². The Morgan fingerprint density at radius 1 is 1.17 bits per heavy atom. The Balaban J connectivity index is 0.00000208. The smallest absolute Gasteiger partial charge is 0.216 e. The minimum atomic E-state index is -0.384. The van der Waals surface area contributed by atoms with Crippen LogP contribution in [0.4, 0.5) is 10.1 Å². The summed E-state index contributed by atoms with van der Waals surface area (Å²) in [7, 11) is 0. The summed E-state index contributed by atoms with van der Waals surface area (Å²) in [5.41, 5.74) is 4.28. The van der Waals surface area contributed by atoms with Gasteiger partial charge in [-0.3, -0.25) is 5.10 Å². The molecule has 0 unspecified atom stereocenters. The van der Waals surface area contributed by atoms with Crippen LogP contribution in [0.25, 0.3) is 11.3 Å². The summed E-state index contributed by atoms with van der Waals surface area (Å²) in [6.45, 7) is 4.39. The fourth-order valence-electron chi connectivity index (χ4n) is 2.42. The molecule has 0 fully saturated rings. The molecule has 24 heavy (non-hydrogen) atoms. The Kier molecular flexibility index (Phi) is 5.93. The van der Waals surface area contributed by atoms with Gasteiger partial charge in [0.15, 0.2) is 0 Å². The van der Waals surface area contributed by atoms with Gasteiger partial charge in [-0.1, -0.05) is 32.0 Å². The Labute approximate surface area is 146 Å². The summed E-state index contributed by atoms with van der Waals surface area (Å²) < 4.78 is 13.9. The second kappa shape index (κ2) is 7.93. The molecule has 2 aromatic heterocycles. The van der Waals surface area contributed by atoms with E-state index < -0.39 is 0 Å². The molecule has 0 spiro atoms. The van der Waals surface area contributed by atoms with E-state index in [1.807, 2.05) is 56.3 Å². The van der Waals surface area contributed by atoms with E-state index in [4.69, 9.17) is 0 Å². The third-order valence-electron chi connectivity index (χ3n) is 3.71. The summed E-state index contributed by atoms with van der Waals surface area (Å²) >= 11 is 0. The molecule has 0 bridgehead atoms. The summed E-state index contributed by atoms with van der Waals surface area (Å²) in [4.78, 5) is 4.04. The van der Waals surface area contributed by atoms with E-state index >= 15 is 0 Å². The zero-order valence-electron chi connectivity index (χ0n) is 13.6. The number of benzene rings is 1. The molecular formula is C18H20ClFN4. The third-order valence-corrected chi connectivity index (χ3v) is 3.71. The minimum absolute atomic E-state index is 0. The second-order valence-corrected chi connectivity index (χ2v) is 5.74. The molecule has 4 nitrogen and oxygen atoms in total. The molecule has 2 N–H and O–H groups in total. The maximum atomic E-state index is 13.9. The van der Waals surface area contributed by atoms with E-state index in [1.54, 1.807) is 6.20 Å². The molecule has 126 valence electrons. The fourth-order valence-corrected chi connectivity index (χ4v) is 2.42. The van der Waals surface area contributed by atoms with Gasteiger partial charge in [0.25, 0.3) is 0 Å². The molecule has 2 heterocycles. The number of aromatic nitrogens is 3. The van der Waals surface area contributed by atoms with E-state index in [0.29, 0.717) is 17.8 Å². The molecule has 0 amide bonds. The van der Waals surface area contributed by atoms with Crippen LogP contribution in [0.1, 0.15) is 31.0 Å². The molecule has 0 saturated heterocycles. The minimum Gasteiger partial charge on any atom is -0.379 e. The fraction of sp³-hybridized carbons (Fsp3) is 0.222. The Morgan fingerprint density at radius 3 is 2.67 bits per heavy atom. The van der Waals surface area contributed by atoms with Gasteiger partial charge in [-0.25, -0.2) is 4.98 Å². The van der Waals surface area contributed by atoms with Crippen LogP contribution in [0, 0.1) is 5.95 Å². The number of aromatic amines is 1. The van der Waals surface area contributed by atoms with Crippen molar-refractivity contribution in [2.24, 2.45) is 0 Å². The van der Waals surface area contributed by atoms with Crippen molar-refractivity contribution in [3.8, 4) is 11.3 Å². The van der Waals surface area contributed by atoms with Crippen molar-refractivity contribution < 1.29 is 4.39 Å². The van der Waals surface area contributed by atoms with Crippen molar-refractivity contribution in [1.29, 1.82) is 0 Å². The monoisotopic (exact) mass is 346 g/mol. The highest BCUT2D eigenvalue weighted by molar-refractivity contribution is 5.85. The molecule has 1 aromatic carbocycles. The Bertz CT molecular complexity index is 787. The number of pyridine rings is 1. The third kappa shape index (κ3) is 4.11. The lowest BCUT2D eigenvalue weighted by molar-refractivity contribution is 0.551. The quantitative estimate of drug-likeness (QED) is 0.654. The van der Waals surface area contributed by atoms with Crippen LogP contribution in [-0.4, -0.2) is 15.2 Å². The summed E-state index contributed by atoms with van der Waals surface area (Å²) in [5.74, 6) is -0.249. The van der Waals surface area contributed by atoms with Gasteiger partial charge < -0.3 is 5.32 Å². The van der Waals surface area contributed by atoms with E-state index in [0.717, 1.165) is 16.9 Å². The van der Waals surface area contributed by atoms with Crippen molar-refractivity contribution in [2.75, 3.05) is 5.32 Å². The maximum absolute atomic E-state index is 13.9. The first-order chi connectivity index (χ1) is 11.1. The highest BCUT2D eigenvalue weighted by Crippen LogP contribution is 2.21. The van der Waals surface area contributed by atoms with Crippen LogP contribution in [-0.2, 0) is 6.54 Å². The molecule has 0 aliphatic rings. The number of rotatable bonds is 5. The van der Waals surface area contributed by atoms with Crippen molar-refractivity contribution in [3.05, 3.63) is 65.9 Å². The molecule has 0 aliphatic heterocycles. The predicted molar refractivity (Wildman–Crippen MR) is 96.9 cm³/mol. The lowest BCUT2D eigenvalue weighted by atomic mass is 10.1. The van der Waals surface area contributed by atoms with Gasteiger partial charge >= 0.3 is 0 Å². The van der Waals surface area contributed by atoms with Crippen LogP contribution in [0.2, 0.25) is 0 Å². The van der Waals surface area contributed by atoms with Crippen LogP contribution in [0.15, 0.2) is 48.7 Å². The van der Waals surface area contributed by atoms with Gasteiger partial charge in [-0.05, 0) is 30.2 Å². The van der Waals surface area contributed by atoms with Crippen LogP contribution >= 0.6 is 12.4 Å². The van der Waals surface area contributed by atoms with Crippen LogP contribution in [0.5, 0.6) is 0 Å². The van der Waals surface area contributed by atoms with Gasteiger partial charge in [0.2, 0.25) is 5.95 Å². The molecule has 0 atom stereocenters. The number of anilines is 1. The number of halogens is 2. The first kappa shape index (κ1) is 17.9. The van der Waals surface area contributed by atoms with Gasteiger partial charge in [0.1, 0.15) is 0 Å². The lowest BCUT2D eigenvalue weighted by Gasteiger charge is -2.10. The predicted octanol–water partition coefficient (Wildman–Crippen LogP) is 4.77. The molecule has 3 aromatic rings. The normalized spacial score (nSPS) is 10.5. The van der Waals surface area contributed by atoms with E-state index in [1.165, 1.54) is 0 Å². The first-order valence-corrected chi connectivity index (χ1v) is 7.62. The molecule has 0 radical (unpaired) electrons. The lowest BCUT2D eigenvalue weighted by Crippen LogP contribution is -2.05. The first-order valence-electron chi connectivity index (χ1n) is 7.62. The number of hydrogen-bond acceptors (Lipinski definition) is 3. The number of nitrogens with zero attached hydrogens (tertiary/aromatic N) is 2. The summed E-state index contributed by atoms with van der Waals surface area (Å²) in [6, 6.07) is 13.6. The molecule has 3 rings (SSSR count). The standard InChI is InChI=1S/C18H19FN4.ClH/c1-12(2)16-7-6-15(22-18(16)19)11-20-14-5-3-4-13(10-14)17-8-9-21-23-17;/h3-10,12,20H,11H2,1-2H3,(H,21,23);1H. The van der Waals surface area contributed by atoms with Crippen molar-refractivity contribution in [2.45, 2.75) is 26.3 Å². The zero-order valence-corrected chi connectivity index (χ0v) is 14.4. The largest absolute Gasteiger partial charge is 0.379 e. The van der Waals surface area contributed by atoms with Gasteiger partial charge in [-0.15, -0.1) is 12.4 Å². The SMILES string of the molecule is CC(C)c1ccc(CNc2cccc(-c3ccn[nH]3)c2)nc1F.Cl. The van der Waals surface area contributed by atoms with E-state index in [-0.39, 0.29) is 24.3 Å². The average Bonchev–Trinajstić information content (AvgIpc) is 3.07. The Hall–Kier alpha value is -2.40. The average molecular weight is 347 g/mol. The summed E-state index contributed by atoms with van der Waals surface area (Å²) in [6.07, 6.45) is 1.72. The van der Waals surface area contributed by atoms with Gasteiger partial charge in [0.05, 0.1) is 17.9 Å². The van der Waals surface area contributed by atoms with E-state index in [2.05, 4.69) is 20.5 Å². The zero-order chi connectivity index (χ0) is 16.2. The topological polar surface area (TPSA) is 53.6 Å². The second-order valence-electron chi connectivity index (χ2n) is 5.74. The van der Waals surface area contributed by atoms with Gasteiger partial charge in [-0.2, -0.15) is 9.49 Å². The number of nitrogens with one attached hydrogen (secondary N) is 2. The van der Waals surface area contributed by atoms with Crippen LogP contribution in [0.3, 0.4) is 0 Å². The highest BCUT2D eigenvalue weighted by Gasteiger charge is 2.08. The number of H-pyrrole nitrogens is 1. The maximum Gasteiger partial charge on any atom is 0.216 e. The van der Waals surface area contributed by atoms with E-state index in [9.17, 15) is 4.39 Å². The number of hydrogen-bond donors (Lipinski definition) is 2. The van der Waals surface area contributed by atoms with Crippen molar-refractivity contribution >= 4 is 18.1 Å². The van der Waals surface area contributed by atoms with Crippen LogP contribution < -0.4 is 5.32 Å². The molecule has 6 heteroatoms. The van der Waals surface area contributed by atoms with Crippen molar-refractivity contribution in [1.82, 2.24) is 15.2 Å². The Morgan fingerprint density at radius 2 is 2.00 bits per heavy atom. The van der Waals surface area contributed by atoms with Crippen molar-refractivity contribution in [3.63, 3.8) is 0 Å².